The number of likely N-dealkylation sites (tertiary alicyclic amines) is 1. The number of hydrogen-bond donors (Lipinski definition) is 1. The van der Waals surface area contributed by atoms with E-state index in [0.717, 1.165) is 42.2 Å². The maximum absolute atomic E-state index is 12.7. The molecule has 1 aliphatic heterocycles. The summed E-state index contributed by atoms with van der Waals surface area (Å²) in [5.41, 5.74) is 7.17. The smallest absolute Gasteiger partial charge is 0.237 e. The minimum atomic E-state index is -0.396. The van der Waals surface area contributed by atoms with Crippen LogP contribution in [0.1, 0.15) is 48.0 Å². The van der Waals surface area contributed by atoms with Crippen LogP contribution in [0.3, 0.4) is 0 Å². The lowest BCUT2D eigenvalue weighted by Gasteiger charge is -2.32. The lowest BCUT2D eigenvalue weighted by Crippen LogP contribution is -2.40. The fourth-order valence-electron chi connectivity index (χ4n) is 3.65. The number of aryl methyl sites for hydroxylation is 2. The highest BCUT2D eigenvalue weighted by molar-refractivity contribution is 5.76. The SMILES string of the molecule is Cc1noc(C)c1CCC(=O)N1CCC[C@H](c2nccn2CC(N)=O)C1. The highest BCUT2D eigenvalue weighted by atomic mass is 16.5. The molecule has 1 fully saturated rings. The molecule has 140 valence electrons. The van der Waals surface area contributed by atoms with Gasteiger partial charge < -0.3 is 19.7 Å². The predicted molar refractivity (Wildman–Crippen MR) is 94.3 cm³/mol. The van der Waals surface area contributed by atoms with Crippen LogP contribution in [0.4, 0.5) is 0 Å². The molecule has 0 bridgehead atoms. The third-order valence-corrected chi connectivity index (χ3v) is 4.98. The summed E-state index contributed by atoms with van der Waals surface area (Å²) in [4.78, 5) is 30.2. The van der Waals surface area contributed by atoms with Gasteiger partial charge in [0.1, 0.15) is 18.1 Å². The van der Waals surface area contributed by atoms with E-state index in [4.69, 9.17) is 10.3 Å². The quantitative estimate of drug-likeness (QED) is 0.837. The van der Waals surface area contributed by atoms with E-state index in [9.17, 15) is 9.59 Å². The number of nitrogens with two attached hydrogens (primary N) is 1. The van der Waals surface area contributed by atoms with E-state index in [0.29, 0.717) is 19.4 Å². The van der Waals surface area contributed by atoms with Gasteiger partial charge in [-0.2, -0.15) is 0 Å². The number of piperidine rings is 1. The average molecular weight is 359 g/mol. The van der Waals surface area contributed by atoms with Crippen LogP contribution in [-0.2, 0) is 22.6 Å². The Morgan fingerprint density at radius 3 is 2.88 bits per heavy atom. The highest BCUT2D eigenvalue weighted by Gasteiger charge is 2.27. The minimum absolute atomic E-state index is 0.117. The molecule has 8 nitrogen and oxygen atoms in total. The Bertz CT molecular complexity index is 775. The van der Waals surface area contributed by atoms with E-state index in [1.54, 1.807) is 17.0 Å². The summed E-state index contributed by atoms with van der Waals surface area (Å²) in [6, 6.07) is 0. The van der Waals surface area contributed by atoms with Gasteiger partial charge in [0.05, 0.1) is 5.69 Å². The van der Waals surface area contributed by atoms with Crippen molar-refractivity contribution in [1.82, 2.24) is 19.6 Å². The Hall–Kier alpha value is -2.64. The first-order valence-electron chi connectivity index (χ1n) is 8.94. The first-order valence-corrected chi connectivity index (χ1v) is 8.94. The standard InChI is InChI=1S/C18H25N5O3/c1-12-15(13(2)26-21-12)5-6-17(25)22-8-3-4-14(10-22)18-20-7-9-23(18)11-16(19)24/h7,9,14H,3-6,8,10-11H2,1-2H3,(H2,19,24)/t14-/m0/s1. The molecule has 0 radical (unpaired) electrons. The number of amides is 2. The van der Waals surface area contributed by atoms with Gasteiger partial charge in [0.2, 0.25) is 11.8 Å². The van der Waals surface area contributed by atoms with Gasteiger partial charge in [0.15, 0.2) is 0 Å². The first kappa shape index (κ1) is 18.2. The molecule has 3 rings (SSSR count). The third-order valence-electron chi connectivity index (χ3n) is 4.98. The molecule has 0 aliphatic carbocycles. The predicted octanol–water partition coefficient (Wildman–Crippen LogP) is 1.31. The fraction of sp³-hybridized carbons (Fsp3) is 0.556. The fourth-order valence-corrected chi connectivity index (χ4v) is 3.65. The molecule has 0 unspecified atom stereocenters. The number of nitrogens with zero attached hydrogens (tertiary/aromatic N) is 4. The van der Waals surface area contributed by atoms with Crippen molar-refractivity contribution in [3.63, 3.8) is 0 Å². The molecule has 2 amide bonds. The summed E-state index contributed by atoms with van der Waals surface area (Å²) >= 11 is 0. The number of carbonyl (C=O) groups is 2. The Morgan fingerprint density at radius 2 is 2.19 bits per heavy atom. The number of hydrogen-bond acceptors (Lipinski definition) is 5. The summed E-state index contributed by atoms with van der Waals surface area (Å²) in [6.45, 7) is 5.26. The Balaban J connectivity index is 1.62. The molecule has 2 aromatic rings. The van der Waals surface area contributed by atoms with Crippen LogP contribution in [0, 0.1) is 13.8 Å². The molecule has 8 heteroatoms. The van der Waals surface area contributed by atoms with Crippen molar-refractivity contribution in [3.8, 4) is 0 Å². The average Bonchev–Trinajstić information content (AvgIpc) is 3.19. The Morgan fingerprint density at radius 1 is 1.38 bits per heavy atom. The molecule has 0 spiro atoms. The first-order chi connectivity index (χ1) is 12.5. The summed E-state index contributed by atoms with van der Waals surface area (Å²) in [5.74, 6) is 1.46. The minimum Gasteiger partial charge on any atom is -0.368 e. The number of rotatable bonds is 6. The highest BCUT2D eigenvalue weighted by Crippen LogP contribution is 2.26. The van der Waals surface area contributed by atoms with Crippen molar-refractivity contribution >= 4 is 11.8 Å². The second kappa shape index (κ2) is 7.72. The van der Waals surface area contributed by atoms with Gasteiger partial charge in [-0.05, 0) is 33.1 Å². The van der Waals surface area contributed by atoms with Crippen LogP contribution in [0.2, 0.25) is 0 Å². The second-order valence-electron chi connectivity index (χ2n) is 6.86. The van der Waals surface area contributed by atoms with Gasteiger partial charge in [0.25, 0.3) is 0 Å². The van der Waals surface area contributed by atoms with E-state index in [2.05, 4.69) is 10.1 Å². The maximum atomic E-state index is 12.7. The molecule has 2 N–H and O–H groups in total. The summed E-state index contributed by atoms with van der Waals surface area (Å²) in [6.07, 6.45) is 6.38. The zero-order valence-electron chi connectivity index (χ0n) is 15.3. The second-order valence-corrected chi connectivity index (χ2v) is 6.86. The third kappa shape index (κ3) is 3.95. The molecular formula is C18H25N5O3. The van der Waals surface area contributed by atoms with Gasteiger partial charge in [0, 0.05) is 43.4 Å². The van der Waals surface area contributed by atoms with Crippen LogP contribution in [-0.4, -0.2) is 44.5 Å². The van der Waals surface area contributed by atoms with Gasteiger partial charge >= 0.3 is 0 Å². The molecular weight excluding hydrogens is 334 g/mol. The van der Waals surface area contributed by atoms with Gasteiger partial charge in [-0.1, -0.05) is 5.16 Å². The van der Waals surface area contributed by atoms with E-state index >= 15 is 0 Å². The zero-order chi connectivity index (χ0) is 18.7. The van der Waals surface area contributed by atoms with Crippen LogP contribution >= 0.6 is 0 Å². The molecule has 0 saturated carbocycles. The number of carbonyl (C=O) groups excluding carboxylic acids is 2. The topological polar surface area (TPSA) is 107 Å². The van der Waals surface area contributed by atoms with Crippen LogP contribution < -0.4 is 5.73 Å². The van der Waals surface area contributed by atoms with E-state index in [1.165, 1.54) is 0 Å². The number of imidazole rings is 1. The van der Waals surface area contributed by atoms with E-state index in [1.807, 2.05) is 18.7 Å². The molecule has 1 atom stereocenters. The lowest BCUT2D eigenvalue weighted by atomic mass is 9.96. The van der Waals surface area contributed by atoms with Crippen molar-refractivity contribution in [1.29, 1.82) is 0 Å². The zero-order valence-corrected chi connectivity index (χ0v) is 15.3. The molecule has 1 saturated heterocycles. The molecule has 1 aliphatic rings. The molecule has 0 aromatic carbocycles. The lowest BCUT2D eigenvalue weighted by molar-refractivity contribution is -0.132. The number of aromatic nitrogens is 3. The summed E-state index contributed by atoms with van der Waals surface area (Å²) in [7, 11) is 0. The van der Waals surface area contributed by atoms with Crippen molar-refractivity contribution in [2.75, 3.05) is 13.1 Å². The normalized spacial score (nSPS) is 17.5. The Kier molecular flexibility index (Phi) is 5.39. The molecule has 3 heterocycles. The summed E-state index contributed by atoms with van der Waals surface area (Å²) < 4.78 is 6.94. The van der Waals surface area contributed by atoms with Gasteiger partial charge in [-0.25, -0.2) is 4.98 Å². The van der Waals surface area contributed by atoms with Crippen LogP contribution in [0.15, 0.2) is 16.9 Å². The molecule has 2 aromatic heterocycles. The number of primary amides is 1. The Labute approximate surface area is 152 Å². The van der Waals surface area contributed by atoms with E-state index < -0.39 is 5.91 Å². The maximum Gasteiger partial charge on any atom is 0.237 e. The monoisotopic (exact) mass is 359 g/mol. The van der Waals surface area contributed by atoms with E-state index in [-0.39, 0.29) is 18.4 Å². The van der Waals surface area contributed by atoms with Crippen LogP contribution in [0.25, 0.3) is 0 Å². The van der Waals surface area contributed by atoms with Crippen molar-refractivity contribution < 1.29 is 14.1 Å². The molecule has 26 heavy (non-hydrogen) atoms. The van der Waals surface area contributed by atoms with Crippen molar-refractivity contribution in [3.05, 3.63) is 35.2 Å². The van der Waals surface area contributed by atoms with Crippen molar-refractivity contribution in [2.45, 2.75) is 52.0 Å². The van der Waals surface area contributed by atoms with Crippen LogP contribution in [0.5, 0.6) is 0 Å². The van der Waals surface area contributed by atoms with Gasteiger partial charge in [-0.3, -0.25) is 9.59 Å². The van der Waals surface area contributed by atoms with Crippen molar-refractivity contribution in [2.24, 2.45) is 5.73 Å². The van der Waals surface area contributed by atoms with Gasteiger partial charge in [-0.15, -0.1) is 0 Å². The summed E-state index contributed by atoms with van der Waals surface area (Å²) in [5, 5.41) is 3.94. The largest absolute Gasteiger partial charge is 0.368 e.